The van der Waals surface area contributed by atoms with Gasteiger partial charge in [-0.1, -0.05) is 13.8 Å². The van der Waals surface area contributed by atoms with Crippen molar-refractivity contribution in [2.45, 2.75) is 26.7 Å². The van der Waals surface area contributed by atoms with E-state index in [9.17, 15) is 20.0 Å². The number of carbonyl (C=O) groups is 1. The summed E-state index contributed by atoms with van der Waals surface area (Å²) in [6.07, 6.45) is 2.39. The smallest absolute Gasteiger partial charge is 0.319 e. The van der Waals surface area contributed by atoms with Crippen molar-refractivity contribution in [3.8, 4) is 0 Å². The Labute approximate surface area is 110 Å². The summed E-state index contributed by atoms with van der Waals surface area (Å²) in [5, 5.41) is 28.5. The fourth-order valence-corrected chi connectivity index (χ4v) is 1.72. The first-order valence-electron chi connectivity index (χ1n) is 6.06. The minimum atomic E-state index is -0.669. The van der Waals surface area contributed by atoms with E-state index in [0.717, 1.165) is 6.20 Å². The molecule has 106 valence electrons. The summed E-state index contributed by atoms with van der Waals surface area (Å²) >= 11 is 0. The number of nitrogens with zero attached hydrogens (tertiary/aromatic N) is 2. The van der Waals surface area contributed by atoms with Crippen LogP contribution in [0.5, 0.6) is 0 Å². The predicted molar refractivity (Wildman–Crippen MR) is 67.7 cm³/mol. The number of carbonyl (C=O) groups excluding carboxylic acids is 1. The molecule has 1 aromatic rings. The van der Waals surface area contributed by atoms with E-state index >= 15 is 0 Å². The monoisotopic (exact) mass is 270 g/mol. The molecule has 0 saturated heterocycles. The molecular weight excluding hydrogens is 252 g/mol. The zero-order valence-electron chi connectivity index (χ0n) is 11.0. The lowest BCUT2D eigenvalue weighted by Crippen LogP contribution is -2.39. The van der Waals surface area contributed by atoms with Gasteiger partial charge in [-0.05, 0) is 12.8 Å². The Bertz CT molecular complexity index is 445. The first kappa shape index (κ1) is 15.1. The molecule has 1 heterocycles. The summed E-state index contributed by atoms with van der Waals surface area (Å²) in [6.45, 7) is 4.05. The van der Waals surface area contributed by atoms with Crippen molar-refractivity contribution in [2.24, 2.45) is 5.41 Å². The Morgan fingerprint density at radius 3 is 2.68 bits per heavy atom. The Balaban J connectivity index is 2.75. The predicted octanol–water partition coefficient (Wildman–Crippen LogP) is 0.846. The lowest BCUT2D eigenvalue weighted by atomic mass is 9.83. The zero-order valence-corrected chi connectivity index (χ0v) is 11.0. The average Bonchev–Trinajstić information content (AvgIpc) is 2.90. The van der Waals surface area contributed by atoms with Gasteiger partial charge in [0.05, 0.1) is 11.5 Å². The van der Waals surface area contributed by atoms with Crippen molar-refractivity contribution < 1.29 is 14.8 Å². The quantitative estimate of drug-likeness (QED) is 0.501. The van der Waals surface area contributed by atoms with Crippen molar-refractivity contribution in [3.63, 3.8) is 0 Å². The van der Waals surface area contributed by atoms with Gasteiger partial charge < -0.3 is 10.4 Å². The summed E-state index contributed by atoms with van der Waals surface area (Å²) in [6, 6.07) is 0. The molecule has 1 amide bonds. The Morgan fingerprint density at radius 1 is 1.58 bits per heavy atom. The van der Waals surface area contributed by atoms with Gasteiger partial charge >= 0.3 is 5.69 Å². The second-order valence-electron chi connectivity index (χ2n) is 4.44. The Hall–Kier alpha value is -1.96. The van der Waals surface area contributed by atoms with Crippen molar-refractivity contribution in [3.05, 3.63) is 22.0 Å². The molecule has 1 aromatic heterocycles. The van der Waals surface area contributed by atoms with Gasteiger partial charge in [0.15, 0.2) is 0 Å². The molecule has 0 aliphatic carbocycles. The number of H-pyrrole nitrogens is 1. The minimum absolute atomic E-state index is 0.0502. The highest BCUT2D eigenvalue weighted by atomic mass is 16.6. The highest BCUT2D eigenvalue weighted by molar-refractivity contribution is 5.95. The molecule has 0 aromatic carbocycles. The van der Waals surface area contributed by atoms with E-state index in [1.54, 1.807) is 0 Å². The van der Waals surface area contributed by atoms with Gasteiger partial charge in [0, 0.05) is 12.0 Å². The third-order valence-electron chi connectivity index (χ3n) is 3.50. The topological polar surface area (TPSA) is 121 Å². The summed E-state index contributed by atoms with van der Waals surface area (Å²) in [4.78, 5) is 21.9. The largest absolute Gasteiger partial charge is 0.396 e. The van der Waals surface area contributed by atoms with Crippen LogP contribution in [0.3, 0.4) is 0 Å². The molecule has 1 rings (SSSR count). The molecule has 0 bridgehead atoms. The third-order valence-corrected chi connectivity index (χ3v) is 3.50. The van der Waals surface area contributed by atoms with Crippen LogP contribution in [0.15, 0.2) is 6.20 Å². The van der Waals surface area contributed by atoms with E-state index in [1.165, 1.54) is 0 Å². The lowest BCUT2D eigenvalue weighted by Gasteiger charge is -2.29. The van der Waals surface area contributed by atoms with Crippen LogP contribution in [0.4, 0.5) is 5.69 Å². The molecule has 8 heteroatoms. The van der Waals surface area contributed by atoms with E-state index in [4.69, 9.17) is 0 Å². The number of aromatic amines is 1. The van der Waals surface area contributed by atoms with Crippen LogP contribution >= 0.6 is 0 Å². The summed E-state index contributed by atoms with van der Waals surface area (Å²) in [5.74, 6) is -0.594. The van der Waals surface area contributed by atoms with Gasteiger partial charge in [0.25, 0.3) is 5.91 Å². The summed E-state index contributed by atoms with van der Waals surface area (Å²) in [7, 11) is 0. The molecule has 0 aliphatic rings. The fraction of sp³-hybridized carbons (Fsp3) is 0.636. The number of aliphatic hydroxyl groups excluding tert-OH is 1. The molecular formula is C11H18N4O4. The van der Waals surface area contributed by atoms with Gasteiger partial charge in [0.2, 0.25) is 5.69 Å². The van der Waals surface area contributed by atoms with Crippen LogP contribution in [0.1, 0.15) is 37.2 Å². The van der Waals surface area contributed by atoms with Gasteiger partial charge in [-0.25, -0.2) is 0 Å². The number of hydrogen-bond acceptors (Lipinski definition) is 5. The van der Waals surface area contributed by atoms with Crippen LogP contribution < -0.4 is 5.32 Å². The molecule has 0 spiro atoms. The second-order valence-corrected chi connectivity index (χ2v) is 4.44. The van der Waals surface area contributed by atoms with Crippen LogP contribution in [0, 0.1) is 15.5 Å². The fourth-order valence-electron chi connectivity index (χ4n) is 1.72. The Morgan fingerprint density at radius 2 is 2.21 bits per heavy atom. The van der Waals surface area contributed by atoms with Crippen molar-refractivity contribution in [1.29, 1.82) is 0 Å². The highest BCUT2D eigenvalue weighted by Crippen LogP contribution is 2.24. The average molecular weight is 270 g/mol. The molecule has 0 unspecified atom stereocenters. The second kappa shape index (κ2) is 6.28. The number of nitro groups is 1. The minimum Gasteiger partial charge on any atom is -0.396 e. The van der Waals surface area contributed by atoms with E-state index in [-0.39, 0.29) is 24.5 Å². The third kappa shape index (κ3) is 3.28. The van der Waals surface area contributed by atoms with Crippen LogP contribution in [-0.4, -0.2) is 39.3 Å². The normalized spacial score (nSPS) is 11.3. The van der Waals surface area contributed by atoms with Crippen molar-refractivity contribution in [2.75, 3.05) is 13.2 Å². The zero-order chi connectivity index (χ0) is 14.5. The summed E-state index contributed by atoms with van der Waals surface area (Å²) < 4.78 is 0. The van der Waals surface area contributed by atoms with E-state index in [2.05, 4.69) is 15.5 Å². The number of aromatic nitrogens is 2. The Kier molecular flexibility index (Phi) is 4.99. The van der Waals surface area contributed by atoms with Gasteiger partial charge in [-0.3, -0.25) is 20.0 Å². The first-order chi connectivity index (χ1) is 8.99. The number of nitrogens with one attached hydrogen (secondary N) is 2. The molecule has 0 saturated carbocycles. The lowest BCUT2D eigenvalue weighted by molar-refractivity contribution is -0.385. The number of aliphatic hydroxyl groups is 1. The molecule has 8 nitrogen and oxygen atoms in total. The number of hydrogen-bond donors (Lipinski definition) is 3. The number of rotatable bonds is 7. The van der Waals surface area contributed by atoms with Crippen molar-refractivity contribution in [1.82, 2.24) is 15.5 Å². The van der Waals surface area contributed by atoms with Crippen molar-refractivity contribution >= 4 is 11.6 Å². The first-order valence-corrected chi connectivity index (χ1v) is 6.06. The standard InChI is InChI=1S/C11H18N4O4/c1-3-11(4-2,7-16)6-12-10(17)9-8(15(18)19)5-13-14-9/h5,16H,3-4,6-7H2,1-2H3,(H,12,17)(H,13,14). The molecule has 0 aliphatic heterocycles. The van der Waals surface area contributed by atoms with E-state index < -0.39 is 16.2 Å². The summed E-state index contributed by atoms with van der Waals surface area (Å²) in [5.41, 5.74) is -0.936. The molecule has 3 N–H and O–H groups in total. The molecule has 0 radical (unpaired) electrons. The van der Waals surface area contributed by atoms with E-state index in [1.807, 2.05) is 13.8 Å². The molecule has 0 fully saturated rings. The van der Waals surface area contributed by atoms with Gasteiger partial charge in [-0.15, -0.1) is 0 Å². The maximum Gasteiger partial charge on any atom is 0.319 e. The van der Waals surface area contributed by atoms with Crippen LogP contribution in [0.25, 0.3) is 0 Å². The SMILES string of the molecule is CCC(CC)(CO)CNC(=O)c1[nH]ncc1[N+](=O)[O-]. The van der Waals surface area contributed by atoms with Gasteiger partial charge in [-0.2, -0.15) is 5.10 Å². The maximum atomic E-state index is 11.9. The number of amides is 1. The van der Waals surface area contributed by atoms with Crippen LogP contribution in [-0.2, 0) is 0 Å². The molecule has 0 atom stereocenters. The van der Waals surface area contributed by atoms with Gasteiger partial charge in [0.1, 0.15) is 6.20 Å². The maximum absolute atomic E-state index is 11.9. The molecule has 19 heavy (non-hydrogen) atoms. The highest BCUT2D eigenvalue weighted by Gasteiger charge is 2.28. The van der Waals surface area contributed by atoms with Crippen LogP contribution in [0.2, 0.25) is 0 Å². The van der Waals surface area contributed by atoms with E-state index in [0.29, 0.717) is 12.8 Å².